The van der Waals surface area contributed by atoms with Gasteiger partial charge in [-0.2, -0.15) is 4.52 Å². The van der Waals surface area contributed by atoms with Gasteiger partial charge in [-0.05, 0) is 51.0 Å². The third-order valence-electron chi connectivity index (χ3n) is 4.41. The van der Waals surface area contributed by atoms with E-state index in [4.69, 9.17) is 4.74 Å². The Morgan fingerprint density at radius 2 is 2.24 bits per heavy atom. The summed E-state index contributed by atoms with van der Waals surface area (Å²) in [5.74, 6) is 2.35. The van der Waals surface area contributed by atoms with E-state index in [1.807, 2.05) is 32.1 Å². The second-order valence-corrected chi connectivity index (χ2v) is 6.99. The first-order valence-corrected chi connectivity index (χ1v) is 9.20. The Balaban J connectivity index is 2.07. The maximum absolute atomic E-state index is 13.0. The first-order valence-electron chi connectivity index (χ1n) is 8.21. The summed E-state index contributed by atoms with van der Waals surface area (Å²) in [5.41, 5.74) is 3.37. The van der Waals surface area contributed by atoms with Crippen molar-refractivity contribution in [1.82, 2.24) is 14.6 Å². The van der Waals surface area contributed by atoms with Gasteiger partial charge in [0, 0.05) is 5.75 Å². The molecule has 0 saturated carbocycles. The summed E-state index contributed by atoms with van der Waals surface area (Å²) in [7, 11) is 1.63. The average Bonchev–Trinajstić information content (AvgIpc) is 2.75. The Morgan fingerprint density at radius 1 is 1.44 bits per heavy atom. The van der Waals surface area contributed by atoms with Gasteiger partial charge >= 0.3 is 0 Å². The van der Waals surface area contributed by atoms with Crippen LogP contribution in [0.4, 0.5) is 5.82 Å². The van der Waals surface area contributed by atoms with Gasteiger partial charge in [-0.15, -0.1) is 16.9 Å². The molecular weight excluding hydrogens is 336 g/mol. The van der Waals surface area contributed by atoms with Crippen LogP contribution < -0.4 is 10.9 Å². The monoisotopic (exact) mass is 358 g/mol. The summed E-state index contributed by atoms with van der Waals surface area (Å²) in [6.07, 6.45) is 2.85. The van der Waals surface area contributed by atoms with Crippen LogP contribution in [0.1, 0.15) is 32.8 Å². The summed E-state index contributed by atoms with van der Waals surface area (Å²) in [4.78, 5) is 17.7. The minimum atomic E-state index is -0.118. The van der Waals surface area contributed by atoms with Gasteiger partial charge in [0.1, 0.15) is 16.6 Å². The zero-order valence-electron chi connectivity index (χ0n) is 14.9. The van der Waals surface area contributed by atoms with Crippen LogP contribution in [-0.2, 0) is 4.74 Å². The Hall–Kier alpha value is -2.28. The summed E-state index contributed by atoms with van der Waals surface area (Å²) < 4.78 is 6.61. The number of thioether (sulfide) groups is 1. The lowest BCUT2D eigenvalue weighted by atomic mass is 10.0. The molecule has 2 aromatic rings. The minimum Gasteiger partial charge on any atom is -0.500 e. The fourth-order valence-electron chi connectivity index (χ4n) is 2.70. The van der Waals surface area contributed by atoms with Crippen molar-refractivity contribution in [3.05, 3.63) is 45.5 Å². The summed E-state index contributed by atoms with van der Waals surface area (Å²) in [6, 6.07) is 3.64. The zero-order chi connectivity index (χ0) is 18.0. The van der Waals surface area contributed by atoms with Crippen LogP contribution in [0, 0.1) is 0 Å². The van der Waals surface area contributed by atoms with Gasteiger partial charge in [0.15, 0.2) is 5.65 Å². The van der Waals surface area contributed by atoms with Crippen molar-refractivity contribution in [2.75, 3.05) is 24.7 Å². The number of anilines is 1. The quantitative estimate of drug-likeness (QED) is 0.668. The SMILES string of the molecule is C/C=C(/CNc1ccc2nc3c(c(=O)n2n1)C(C)=C(C)CCS3)OC. The van der Waals surface area contributed by atoms with Crippen molar-refractivity contribution in [3.8, 4) is 0 Å². The molecule has 25 heavy (non-hydrogen) atoms. The zero-order valence-corrected chi connectivity index (χ0v) is 15.7. The number of hydrogen-bond donors (Lipinski definition) is 1. The molecule has 7 heteroatoms. The van der Waals surface area contributed by atoms with Crippen molar-refractivity contribution in [1.29, 1.82) is 0 Å². The van der Waals surface area contributed by atoms with Gasteiger partial charge in [-0.1, -0.05) is 5.57 Å². The van der Waals surface area contributed by atoms with E-state index in [0.717, 1.165) is 28.5 Å². The van der Waals surface area contributed by atoms with E-state index < -0.39 is 0 Å². The van der Waals surface area contributed by atoms with Crippen LogP contribution >= 0.6 is 11.8 Å². The Kier molecular flexibility index (Phi) is 5.13. The molecule has 0 unspecified atom stereocenters. The lowest BCUT2D eigenvalue weighted by molar-refractivity contribution is 0.289. The van der Waals surface area contributed by atoms with Gasteiger partial charge in [-0.3, -0.25) is 4.79 Å². The Bertz CT molecular complexity index is 931. The average molecular weight is 358 g/mol. The molecule has 3 rings (SSSR count). The Labute approximate surface area is 151 Å². The lowest BCUT2D eigenvalue weighted by Crippen LogP contribution is -2.23. The van der Waals surface area contributed by atoms with Crippen LogP contribution in [0.2, 0.25) is 0 Å². The maximum atomic E-state index is 13.0. The van der Waals surface area contributed by atoms with Crippen molar-refractivity contribution in [3.63, 3.8) is 0 Å². The van der Waals surface area contributed by atoms with Gasteiger partial charge in [-0.25, -0.2) is 4.98 Å². The number of methoxy groups -OCH3 is 1. The molecule has 0 amide bonds. The first kappa shape index (κ1) is 17.5. The van der Waals surface area contributed by atoms with E-state index in [2.05, 4.69) is 22.3 Å². The van der Waals surface area contributed by atoms with Crippen LogP contribution in [0.5, 0.6) is 0 Å². The smallest absolute Gasteiger partial charge is 0.283 e. The third kappa shape index (κ3) is 3.42. The maximum Gasteiger partial charge on any atom is 0.283 e. The molecule has 0 atom stereocenters. The van der Waals surface area contributed by atoms with Crippen LogP contribution in [0.3, 0.4) is 0 Å². The number of allylic oxidation sites excluding steroid dienone is 3. The molecular formula is C18H22N4O2S. The van der Waals surface area contributed by atoms with Crippen molar-refractivity contribution in [2.24, 2.45) is 0 Å². The topological polar surface area (TPSA) is 68.5 Å². The van der Waals surface area contributed by atoms with E-state index in [0.29, 0.717) is 23.6 Å². The number of nitrogens with zero attached hydrogens (tertiary/aromatic N) is 3. The van der Waals surface area contributed by atoms with Gasteiger partial charge < -0.3 is 10.1 Å². The fraction of sp³-hybridized carbons (Fsp3) is 0.389. The largest absolute Gasteiger partial charge is 0.500 e. The molecule has 1 aliphatic rings. The minimum absolute atomic E-state index is 0.118. The number of fused-ring (bicyclic) bond motifs is 2. The van der Waals surface area contributed by atoms with E-state index in [-0.39, 0.29) is 5.56 Å². The van der Waals surface area contributed by atoms with E-state index in [9.17, 15) is 4.79 Å². The number of ether oxygens (including phenoxy) is 1. The van der Waals surface area contributed by atoms with Gasteiger partial charge in [0.2, 0.25) is 0 Å². The van der Waals surface area contributed by atoms with Crippen LogP contribution in [0.25, 0.3) is 11.2 Å². The molecule has 0 fully saturated rings. The highest BCUT2D eigenvalue weighted by Gasteiger charge is 2.20. The molecule has 0 aromatic carbocycles. The highest BCUT2D eigenvalue weighted by atomic mass is 32.2. The van der Waals surface area contributed by atoms with Gasteiger partial charge in [0.25, 0.3) is 5.56 Å². The van der Waals surface area contributed by atoms with Crippen LogP contribution in [-0.4, -0.2) is 34.0 Å². The van der Waals surface area contributed by atoms with Gasteiger partial charge in [0.05, 0.1) is 19.2 Å². The highest BCUT2D eigenvalue weighted by Crippen LogP contribution is 2.32. The molecule has 3 heterocycles. The van der Waals surface area contributed by atoms with Crippen molar-refractivity contribution >= 4 is 28.8 Å². The molecule has 0 spiro atoms. The normalized spacial score (nSPS) is 15.1. The molecule has 0 bridgehead atoms. The summed E-state index contributed by atoms with van der Waals surface area (Å²) in [5, 5.41) is 8.40. The molecule has 0 saturated heterocycles. The Morgan fingerprint density at radius 3 is 2.96 bits per heavy atom. The summed E-state index contributed by atoms with van der Waals surface area (Å²) >= 11 is 1.64. The van der Waals surface area contributed by atoms with Crippen molar-refractivity contribution in [2.45, 2.75) is 32.2 Å². The van der Waals surface area contributed by atoms with E-state index in [1.54, 1.807) is 18.9 Å². The number of rotatable bonds is 4. The first-order chi connectivity index (χ1) is 12.0. The molecule has 132 valence electrons. The number of nitrogens with one attached hydrogen (secondary N) is 1. The molecule has 2 aromatic heterocycles. The molecule has 0 radical (unpaired) electrons. The van der Waals surface area contributed by atoms with E-state index >= 15 is 0 Å². The second-order valence-electron chi connectivity index (χ2n) is 5.90. The molecule has 1 aliphatic heterocycles. The molecule has 0 aliphatic carbocycles. The highest BCUT2D eigenvalue weighted by molar-refractivity contribution is 7.99. The fourth-order valence-corrected chi connectivity index (χ4v) is 3.84. The molecule has 6 nitrogen and oxygen atoms in total. The summed E-state index contributed by atoms with van der Waals surface area (Å²) in [6.45, 7) is 6.49. The number of hydrogen-bond acceptors (Lipinski definition) is 6. The molecule has 1 N–H and O–H groups in total. The predicted octanol–water partition coefficient (Wildman–Crippen LogP) is 3.34. The van der Waals surface area contributed by atoms with Crippen molar-refractivity contribution < 1.29 is 4.74 Å². The number of aromatic nitrogens is 3. The van der Waals surface area contributed by atoms with Crippen LogP contribution in [0.15, 0.2) is 39.4 Å². The third-order valence-corrected chi connectivity index (χ3v) is 5.39. The predicted molar refractivity (Wildman–Crippen MR) is 102 cm³/mol. The lowest BCUT2D eigenvalue weighted by Gasteiger charge is -2.11. The second kappa shape index (κ2) is 7.31. The standard InChI is InChI=1S/C18H22N4O2S/c1-5-13(24-4)10-19-14-6-7-15-20-17-16(18(23)22(15)21-14)12(3)11(2)8-9-25-17/h5-7H,8-10H2,1-4H3,(H,19,21)/b13-5-. The van der Waals surface area contributed by atoms with E-state index in [1.165, 1.54) is 10.1 Å².